The van der Waals surface area contributed by atoms with Gasteiger partial charge in [0.05, 0.1) is 11.7 Å². The van der Waals surface area contributed by atoms with Gasteiger partial charge in [-0.3, -0.25) is 0 Å². The molecule has 2 aromatic heterocycles. The molecule has 2 aromatic rings. The summed E-state index contributed by atoms with van der Waals surface area (Å²) in [4.78, 5) is 1.24. The minimum atomic E-state index is 1.04. The van der Waals surface area contributed by atoms with E-state index in [4.69, 9.17) is 0 Å². The lowest BCUT2D eigenvalue weighted by molar-refractivity contribution is 0.852. The molecule has 11 heavy (non-hydrogen) atoms. The first-order valence-corrected chi connectivity index (χ1v) is 4.47. The molecule has 56 valence electrons. The van der Waals surface area contributed by atoms with E-state index in [1.807, 2.05) is 12.3 Å². The monoisotopic (exact) mass is 165 g/mol. The summed E-state index contributed by atoms with van der Waals surface area (Å²) in [6, 6.07) is 4.08. The lowest BCUT2D eigenvalue weighted by Crippen LogP contribution is -1.85. The summed E-state index contributed by atoms with van der Waals surface area (Å²) in [5.74, 6) is 0. The maximum atomic E-state index is 3.85. The topological polar surface area (TPSA) is 30.2 Å². The summed E-state index contributed by atoms with van der Waals surface area (Å²) < 4.78 is 1.75. The van der Waals surface area contributed by atoms with Crippen LogP contribution in [0.3, 0.4) is 0 Å². The number of rotatable bonds is 1. The van der Waals surface area contributed by atoms with Crippen molar-refractivity contribution in [2.24, 2.45) is 0 Å². The highest BCUT2D eigenvalue weighted by Gasteiger charge is 1.94. The zero-order valence-corrected chi connectivity index (χ0v) is 6.88. The Labute approximate surface area is 68.4 Å². The van der Waals surface area contributed by atoms with Gasteiger partial charge in [0.25, 0.3) is 0 Å². The molecule has 4 heteroatoms. The SMILES string of the molecule is CSc1ccn2nncc2c1. The van der Waals surface area contributed by atoms with Gasteiger partial charge in [0.15, 0.2) is 0 Å². The number of hydrogen-bond acceptors (Lipinski definition) is 3. The Bertz CT molecular complexity index is 368. The fourth-order valence-electron chi connectivity index (χ4n) is 0.936. The van der Waals surface area contributed by atoms with Crippen molar-refractivity contribution in [2.45, 2.75) is 4.90 Å². The van der Waals surface area contributed by atoms with Gasteiger partial charge in [-0.05, 0) is 18.4 Å². The van der Waals surface area contributed by atoms with Crippen LogP contribution in [0.25, 0.3) is 5.52 Å². The fourth-order valence-corrected chi connectivity index (χ4v) is 1.37. The molecule has 0 aliphatic carbocycles. The predicted octanol–water partition coefficient (Wildman–Crippen LogP) is 1.45. The van der Waals surface area contributed by atoms with Crippen molar-refractivity contribution >= 4 is 17.3 Å². The molecule has 0 saturated carbocycles. The number of thioether (sulfide) groups is 1. The van der Waals surface area contributed by atoms with Crippen LogP contribution < -0.4 is 0 Å². The maximum Gasteiger partial charge on any atom is 0.0876 e. The molecule has 0 fully saturated rings. The zero-order chi connectivity index (χ0) is 7.68. The van der Waals surface area contributed by atoms with Gasteiger partial charge in [0, 0.05) is 11.1 Å². The summed E-state index contributed by atoms with van der Waals surface area (Å²) in [6.45, 7) is 0. The molecule has 0 amide bonds. The minimum absolute atomic E-state index is 1.04. The highest BCUT2D eigenvalue weighted by Crippen LogP contribution is 2.15. The molecule has 0 unspecified atom stereocenters. The molecule has 0 saturated heterocycles. The number of fused-ring (bicyclic) bond motifs is 1. The van der Waals surface area contributed by atoms with Gasteiger partial charge < -0.3 is 0 Å². The molecule has 0 radical (unpaired) electrons. The lowest BCUT2D eigenvalue weighted by Gasteiger charge is -1.94. The van der Waals surface area contributed by atoms with Gasteiger partial charge in [-0.1, -0.05) is 5.21 Å². The summed E-state index contributed by atoms with van der Waals surface area (Å²) >= 11 is 1.72. The normalized spacial score (nSPS) is 10.6. The van der Waals surface area contributed by atoms with E-state index in [0.717, 1.165) is 5.52 Å². The third-order valence-electron chi connectivity index (χ3n) is 1.51. The van der Waals surface area contributed by atoms with Gasteiger partial charge in [-0.2, -0.15) is 0 Å². The van der Waals surface area contributed by atoms with Crippen LogP contribution in [0.5, 0.6) is 0 Å². The van der Waals surface area contributed by atoms with Gasteiger partial charge in [0.1, 0.15) is 0 Å². The van der Waals surface area contributed by atoms with Crippen molar-refractivity contribution in [1.29, 1.82) is 0 Å². The number of pyridine rings is 1. The average molecular weight is 165 g/mol. The third kappa shape index (κ3) is 1.09. The Morgan fingerprint density at radius 2 is 2.45 bits per heavy atom. The molecule has 0 bridgehead atoms. The van der Waals surface area contributed by atoms with Crippen LogP contribution in [0.1, 0.15) is 0 Å². The molecule has 3 nitrogen and oxygen atoms in total. The largest absolute Gasteiger partial charge is 0.221 e. The highest BCUT2D eigenvalue weighted by atomic mass is 32.2. The Balaban J connectivity index is 2.67. The Kier molecular flexibility index (Phi) is 1.54. The first-order chi connectivity index (χ1) is 5.40. The van der Waals surface area contributed by atoms with E-state index >= 15 is 0 Å². The molecule has 0 spiro atoms. The molecule has 2 rings (SSSR count). The van der Waals surface area contributed by atoms with Crippen molar-refractivity contribution in [1.82, 2.24) is 14.8 Å². The molecule has 0 aromatic carbocycles. The van der Waals surface area contributed by atoms with Crippen LogP contribution in [-0.2, 0) is 0 Å². The van der Waals surface area contributed by atoms with Crippen LogP contribution in [-0.4, -0.2) is 21.1 Å². The van der Waals surface area contributed by atoms with Crippen LogP contribution >= 0.6 is 11.8 Å². The van der Waals surface area contributed by atoms with Crippen LogP contribution in [0.4, 0.5) is 0 Å². The predicted molar refractivity (Wildman–Crippen MR) is 44.8 cm³/mol. The second-order valence-corrected chi connectivity index (χ2v) is 3.05. The Hall–Kier alpha value is -1.03. The number of hydrogen-bond donors (Lipinski definition) is 0. The first-order valence-electron chi connectivity index (χ1n) is 3.24. The molecule has 0 aliphatic rings. The summed E-state index contributed by atoms with van der Waals surface area (Å²) in [7, 11) is 0. The standard InChI is InChI=1S/C7H7N3S/c1-11-7-2-3-10-6(4-7)5-8-9-10/h2-5H,1H3. The summed E-state index contributed by atoms with van der Waals surface area (Å²) in [5, 5.41) is 7.63. The zero-order valence-electron chi connectivity index (χ0n) is 6.06. The average Bonchev–Trinajstić information content (AvgIpc) is 2.50. The van der Waals surface area contributed by atoms with Crippen molar-refractivity contribution in [3.8, 4) is 0 Å². The fraction of sp³-hybridized carbons (Fsp3) is 0.143. The number of nitrogens with zero attached hydrogens (tertiary/aromatic N) is 3. The van der Waals surface area contributed by atoms with Gasteiger partial charge >= 0.3 is 0 Å². The van der Waals surface area contributed by atoms with Gasteiger partial charge in [0.2, 0.25) is 0 Å². The Morgan fingerprint density at radius 1 is 1.55 bits per heavy atom. The second kappa shape index (κ2) is 2.54. The van der Waals surface area contributed by atoms with E-state index in [-0.39, 0.29) is 0 Å². The third-order valence-corrected chi connectivity index (χ3v) is 2.23. The van der Waals surface area contributed by atoms with Crippen molar-refractivity contribution < 1.29 is 0 Å². The van der Waals surface area contributed by atoms with Crippen molar-refractivity contribution in [3.05, 3.63) is 24.5 Å². The van der Waals surface area contributed by atoms with E-state index in [1.54, 1.807) is 22.5 Å². The van der Waals surface area contributed by atoms with Crippen LogP contribution in [0.2, 0.25) is 0 Å². The molecule has 0 N–H and O–H groups in total. The number of aromatic nitrogens is 3. The van der Waals surface area contributed by atoms with Gasteiger partial charge in [-0.25, -0.2) is 4.52 Å². The molecule has 2 heterocycles. The molecule has 0 aliphatic heterocycles. The van der Waals surface area contributed by atoms with E-state index < -0.39 is 0 Å². The summed E-state index contributed by atoms with van der Waals surface area (Å²) in [5.41, 5.74) is 1.04. The van der Waals surface area contributed by atoms with Crippen LogP contribution in [0, 0.1) is 0 Å². The quantitative estimate of drug-likeness (QED) is 0.599. The highest BCUT2D eigenvalue weighted by molar-refractivity contribution is 7.98. The molecule has 0 atom stereocenters. The molecular weight excluding hydrogens is 158 g/mol. The maximum absolute atomic E-state index is 3.85. The Morgan fingerprint density at radius 3 is 3.27 bits per heavy atom. The van der Waals surface area contributed by atoms with E-state index in [0.29, 0.717) is 0 Å². The second-order valence-electron chi connectivity index (χ2n) is 2.17. The van der Waals surface area contributed by atoms with Gasteiger partial charge in [-0.15, -0.1) is 16.9 Å². The minimum Gasteiger partial charge on any atom is -0.221 e. The smallest absolute Gasteiger partial charge is 0.0876 e. The first kappa shape index (κ1) is 6.67. The summed E-state index contributed by atoms with van der Waals surface area (Å²) in [6.07, 6.45) is 5.71. The van der Waals surface area contributed by atoms with Crippen LogP contribution in [0.15, 0.2) is 29.4 Å². The van der Waals surface area contributed by atoms with Crippen molar-refractivity contribution in [2.75, 3.05) is 6.26 Å². The molecular formula is C7H7N3S. The lowest BCUT2D eigenvalue weighted by atomic mass is 10.4. The van der Waals surface area contributed by atoms with E-state index in [9.17, 15) is 0 Å². The van der Waals surface area contributed by atoms with Crippen molar-refractivity contribution in [3.63, 3.8) is 0 Å². The van der Waals surface area contributed by atoms with E-state index in [2.05, 4.69) is 22.6 Å². The van der Waals surface area contributed by atoms with E-state index in [1.165, 1.54) is 4.90 Å².